The van der Waals surface area contributed by atoms with Gasteiger partial charge in [0.15, 0.2) is 0 Å². The summed E-state index contributed by atoms with van der Waals surface area (Å²) in [5.41, 5.74) is 8.38. The Hall–Kier alpha value is -1.48. The third kappa shape index (κ3) is 3.76. The van der Waals surface area contributed by atoms with Crippen molar-refractivity contribution in [2.45, 2.75) is 60.3 Å². The quantitative estimate of drug-likeness (QED) is 0.483. The maximum atomic E-state index is 4.07. The highest BCUT2D eigenvalue weighted by Gasteiger charge is 2.38. The van der Waals surface area contributed by atoms with Gasteiger partial charge in [0.1, 0.15) is 0 Å². The molecule has 3 rings (SSSR count). The van der Waals surface area contributed by atoms with Crippen molar-refractivity contribution in [2.24, 2.45) is 5.41 Å². The highest BCUT2D eigenvalue weighted by atomic mass is 79.9. The van der Waals surface area contributed by atoms with E-state index in [1.165, 1.54) is 33.5 Å². The van der Waals surface area contributed by atoms with Crippen LogP contribution < -0.4 is 10.3 Å². The summed E-state index contributed by atoms with van der Waals surface area (Å²) in [5, 5.41) is 0. The second-order valence-corrected chi connectivity index (χ2v) is 10.1. The van der Waals surface area contributed by atoms with Crippen LogP contribution in [-0.4, -0.2) is 5.67 Å². The molecular weight excluding hydrogens is 393 g/mol. The summed E-state index contributed by atoms with van der Waals surface area (Å²) in [6.07, 6.45) is 2.38. The van der Waals surface area contributed by atoms with Crippen LogP contribution in [0.4, 0.5) is 5.69 Å². The Bertz CT molecular complexity index is 835. The molecule has 2 aromatic rings. The summed E-state index contributed by atoms with van der Waals surface area (Å²) < 4.78 is 0. The van der Waals surface area contributed by atoms with Crippen molar-refractivity contribution in [3.8, 4) is 0 Å². The lowest BCUT2D eigenvalue weighted by Crippen LogP contribution is -2.50. The maximum absolute atomic E-state index is 4.07. The number of nitrogens with zero attached hydrogens (tertiary/aromatic N) is 1. The Balaban J connectivity index is 2.33. The Labute approximate surface area is 173 Å². The average Bonchev–Trinajstić information content (AvgIpc) is 2.60. The first-order valence-corrected chi connectivity index (χ1v) is 10.9. The number of allylic oxidation sites excluding steroid dienone is 1. The van der Waals surface area contributed by atoms with Crippen LogP contribution in [0.3, 0.4) is 0 Å². The van der Waals surface area contributed by atoms with E-state index in [9.17, 15) is 0 Å². The first-order chi connectivity index (χ1) is 12.6. The molecule has 1 heterocycles. The Morgan fingerprint density at radius 3 is 1.93 bits per heavy atom. The largest absolute Gasteiger partial charge is 0.374 e. The molecule has 0 radical (unpaired) electrons. The van der Waals surface area contributed by atoms with E-state index in [1.54, 1.807) is 0 Å². The zero-order valence-corrected chi connectivity index (χ0v) is 19.3. The fourth-order valence-electron chi connectivity index (χ4n) is 3.94. The topological polar surface area (TPSA) is 3.24 Å². The van der Waals surface area contributed by atoms with E-state index in [-0.39, 0.29) is 11.1 Å². The number of benzene rings is 2. The van der Waals surface area contributed by atoms with Gasteiger partial charge in [-0.1, -0.05) is 90.9 Å². The van der Waals surface area contributed by atoms with Gasteiger partial charge in [0.25, 0.3) is 0 Å². The van der Waals surface area contributed by atoms with Crippen molar-refractivity contribution in [1.29, 1.82) is 0 Å². The second kappa shape index (κ2) is 7.51. The van der Waals surface area contributed by atoms with Crippen LogP contribution in [0.2, 0.25) is 0 Å². The van der Waals surface area contributed by atoms with Gasteiger partial charge in [0, 0.05) is 16.8 Å². The van der Waals surface area contributed by atoms with E-state index < -0.39 is 0 Å². The van der Waals surface area contributed by atoms with Crippen LogP contribution >= 0.6 is 15.8 Å². The van der Waals surface area contributed by atoms with Gasteiger partial charge in [-0.05, 0) is 40.1 Å². The molecule has 3 heteroatoms. The minimum atomic E-state index is 0.0396. The van der Waals surface area contributed by atoms with Gasteiger partial charge >= 0.3 is 5.67 Å². The smallest absolute Gasteiger partial charge is 0.372 e. The summed E-state index contributed by atoms with van der Waals surface area (Å²) in [6, 6.07) is 15.6. The predicted octanol–water partition coefficient (Wildman–Crippen LogP) is 6.93. The molecule has 0 aliphatic carbocycles. The fraction of sp³-hybridized carbons (Fsp3) is 0.417. The standard InChI is InChI=1S/C24H31BBrN/c1-16(2)19-12-10-13-20(17(3)4)23(19)27-22(24(5,6)7)15-18-11-8-9-14-21(18)25(27)26/h8-17H,1-7H3. The molecule has 0 saturated heterocycles. The van der Waals surface area contributed by atoms with Crippen molar-refractivity contribution < 1.29 is 0 Å². The Morgan fingerprint density at radius 1 is 0.852 bits per heavy atom. The first-order valence-electron chi connectivity index (χ1n) is 10.00. The second-order valence-electron chi connectivity index (χ2n) is 9.21. The summed E-state index contributed by atoms with van der Waals surface area (Å²) in [4.78, 5) is 2.55. The van der Waals surface area contributed by atoms with Crippen molar-refractivity contribution in [1.82, 2.24) is 0 Å². The number of fused-ring (bicyclic) bond motifs is 1. The molecule has 1 nitrogen and oxygen atoms in total. The van der Waals surface area contributed by atoms with Crippen LogP contribution in [0.1, 0.15) is 77.0 Å². The first kappa shape index (κ1) is 20.3. The molecule has 0 unspecified atom stereocenters. The molecule has 142 valence electrons. The highest BCUT2D eigenvalue weighted by molar-refractivity contribution is 9.25. The normalized spacial score (nSPS) is 14.7. The molecule has 0 fully saturated rings. The monoisotopic (exact) mass is 423 g/mol. The molecule has 27 heavy (non-hydrogen) atoms. The number of anilines is 1. The fourth-order valence-corrected chi connectivity index (χ4v) is 4.78. The van der Waals surface area contributed by atoms with E-state index in [4.69, 9.17) is 0 Å². The van der Waals surface area contributed by atoms with E-state index in [2.05, 4.69) is 118 Å². The van der Waals surface area contributed by atoms with Crippen LogP contribution in [0.25, 0.3) is 6.08 Å². The Kier molecular flexibility index (Phi) is 5.63. The number of para-hydroxylation sites is 1. The lowest BCUT2D eigenvalue weighted by Gasteiger charge is -2.43. The lowest BCUT2D eigenvalue weighted by atomic mass is 9.68. The van der Waals surface area contributed by atoms with Gasteiger partial charge in [0.2, 0.25) is 0 Å². The molecule has 1 aliphatic heterocycles. The van der Waals surface area contributed by atoms with Crippen LogP contribution in [-0.2, 0) is 0 Å². The number of hydrogen-bond donors (Lipinski definition) is 0. The minimum Gasteiger partial charge on any atom is -0.374 e. The predicted molar refractivity (Wildman–Crippen MR) is 125 cm³/mol. The SMILES string of the molecule is CC(C)c1cccc(C(C)C)c1N1B(Br)c2ccccc2C=C1C(C)(C)C. The van der Waals surface area contributed by atoms with Gasteiger partial charge in [0.05, 0.1) is 0 Å². The van der Waals surface area contributed by atoms with Gasteiger partial charge in [-0.3, -0.25) is 0 Å². The molecule has 0 atom stereocenters. The van der Waals surface area contributed by atoms with Crippen molar-refractivity contribution >= 4 is 38.7 Å². The van der Waals surface area contributed by atoms with Gasteiger partial charge in [-0.2, -0.15) is 0 Å². The third-order valence-corrected chi connectivity index (χ3v) is 6.29. The minimum absolute atomic E-state index is 0.0396. The van der Waals surface area contributed by atoms with E-state index in [1.807, 2.05) is 0 Å². The summed E-state index contributed by atoms with van der Waals surface area (Å²) >= 11 is 4.07. The van der Waals surface area contributed by atoms with Crippen LogP contribution in [0.15, 0.2) is 48.2 Å². The summed E-state index contributed by atoms with van der Waals surface area (Å²) in [7, 11) is 0. The molecule has 0 aromatic heterocycles. The summed E-state index contributed by atoms with van der Waals surface area (Å²) in [5.74, 6) is 0.938. The summed E-state index contributed by atoms with van der Waals surface area (Å²) in [6.45, 7) is 16.1. The lowest BCUT2D eigenvalue weighted by molar-refractivity contribution is 0.501. The molecule has 0 bridgehead atoms. The zero-order chi connectivity index (χ0) is 19.9. The van der Waals surface area contributed by atoms with E-state index in [0.29, 0.717) is 11.8 Å². The molecule has 0 spiro atoms. The molecule has 0 amide bonds. The molecule has 0 N–H and O–H groups in total. The number of rotatable bonds is 3. The van der Waals surface area contributed by atoms with Gasteiger partial charge < -0.3 is 4.81 Å². The maximum Gasteiger partial charge on any atom is 0.372 e. The van der Waals surface area contributed by atoms with Crippen LogP contribution in [0, 0.1) is 5.41 Å². The van der Waals surface area contributed by atoms with Crippen molar-refractivity contribution in [2.75, 3.05) is 4.81 Å². The molecule has 2 aromatic carbocycles. The average molecular weight is 424 g/mol. The van der Waals surface area contributed by atoms with Crippen molar-refractivity contribution in [3.63, 3.8) is 0 Å². The zero-order valence-electron chi connectivity index (χ0n) is 17.7. The number of halogens is 1. The number of hydrogen-bond acceptors (Lipinski definition) is 1. The van der Waals surface area contributed by atoms with Gasteiger partial charge in [-0.15, -0.1) is 15.8 Å². The molecule has 1 aliphatic rings. The molecular formula is C24H31BBrN. The highest BCUT2D eigenvalue weighted by Crippen LogP contribution is 2.44. The Morgan fingerprint density at radius 2 is 1.41 bits per heavy atom. The van der Waals surface area contributed by atoms with Gasteiger partial charge in [-0.25, -0.2) is 0 Å². The third-order valence-electron chi connectivity index (χ3n) is 5.38. The van der Waals surface area contributed by atoms with E-state index >= 15 is 0 Å². The van der Waals surface area contributed by atoms with E-state index in [0.717, 1.165) is 0 Å². The van der Waals surface area contributed by atoms with Crippen molar-refractivity contribution in [3.05, 3.63) is 64.9 Å². The van der Waals surface area contributed by atoms with Crippen LogP contribution in [0.5, 0.6) is 0 Å². The molecule has 0 saturated carbocycles.